The summed E-state index contributed by atoms with van der Waals surface area (Å²) >= 11 is 0. The molecule has 8 nitrogen and oxygen atoms in total. The van der Waals surface area contributed by atoms with E-state index in [2.05, 4.69) is 15.8 Å². The maximum atomic E-state index is 11.7. The van der Waals surface area contributed by atoms with Crippen LogP contribution in [-0.4, -0.2) is 55.1 Å². The predicted octanol–water partition coefficient (Wildman–Crippen LogP) is 0.192. The Kier molecular flexibility index (Phi) is 7.36. The fraction of sp³-hybridized carbons (Fsp3) is 0.471. The van der Waals surface area contributed by atoms with Crippen LogP contribution in [0.1, 0.15) is 25.3 Å². The fourth-order valence-corrected chi connectivity index (χ4v) is 2.15. The molecule has 2 atom stereocenters. The van der Waals surface area contributed by atoms with E-state index in [1.165, 1.54) is 13.1 Å². The lowest BCUT2D eigenvalue weighted by molar-refractivity contribution is -0.128. The number of nitrogens with zero attached hydrogens (tertiary/aromatic N) is 1. The molecule has 25 heavy (non-hydrogen) atoms. The summed E-state index contributed by atoms with van der Waals surface area (Å²) in [6.45, 7) is 2.56. The molecule has 8 heteroatoms. The van der Waals surface area contributed by atoms with Gasteiger partial charge < -0.3 is 19.9 Å². The minimum Gasteiger partial charge on any atom is -0.484 e. The van der Waals surface area contributed by atoms with E-state index in [-0.39, 0.29) is 18.6 Å². The van der Waals surface area contributed by atoms with Crippen molar-refractivity contribution in [3.8, 4) is 5.75 Å². The molecule has 136 valence electrons. The quantitative estimate of drug-likeness (QED) is 0.459. The zero-order chi connectivity index (χ0) is 18.1. The molecule has 1 aliphatic heterocycles. The highest BCUT2D eigenvalue weighted by Gasteiger charge is 2.16. The lowest BCUT2D eigenvalue weighted by Crippen LogP contribution is -2.35. The summed E-state index contributed by atoms with van der Waals surface area (Å²) in [7, 11) is 0. The minimum atomic E-state index is -1.11. The van der Waals surface area contributed by atoms with Gasteiger partial charge in [0, 0.05) is 13.2 Å². The number of benzene rings is 1. The van der Waals surface area contributed by atoms with Gasteiger partial charge in [-0.3, -0.25) is 9.59 Å². The molecule has 0 unspecified atom stereocenters. The first-order chi connectivity index (χ1) is 12.0. The zero-order valence-electron chi connectivity index (χ0n) is 14.1. The lowest BCUT2D eigenvalue weighted by atomic mass is 10.2. The SMILES string of the molecule is C[C@H](O)C(=O)N/N=C\c1ccc(OCC(=O)NC[C@H]2CCCO2)cc1. The molecular formula is C17H23N3O5. The van der Waals surface area contributed by atoms with Gasteiger partial charge in [0.1, 0.15) is 11.9 Å². The summed E-state index contributed by atoms with van der Waals surface area (Å²) in [6.07, 6.45) is 2.45. The Labute approximate surface area is 146 Å². The third-order valence-corrected chi connectivity index (χ3v) is 3.57. The first-order valence-corrected chi connectivity index (χ1v) is 8.17. The van der Waals surface area contributed by atoms with Gasteiger partial charge in [0.15, 0.2) is 6.61 Å². The number of nitrogens with one attached hydrogen (secondary N) is 2. The van der Waals surface area contributed by atoms with Crippen LogP contribution in [0.3, 0.4) is 0 Å². The Morgan fingerprint density at radius 3 is 2.84 bits per heavy atom. The fourth-order valence-electron chi connectivity index (χ4n) is 2.15. The highest BCUT2D eigenvalue weighted by molar-refractivity contribution is 5.84. The first kappa shape index (κ1) is 18.9. The number of rotatable bonds is 8. The number of hydrogen-bond donors (Lipinski definition) is 3. The van der Waals surface area contributed by atoms with Gasteiger partial charge in [0.2, 0.25) is 0 Å². The van der Waals surface area contributed by atoms with Crippen LogP contribution in [-0.2, 0) is 14.3 Å². The summed E-state index contributed by atoms with van der Waals surface area (Å²) < 4.78 is 10.8. The molecule has 2 rings (SSSR count). The van der Waals surface area contributed by atoms with Gasteiger partial charge in [-0.2, -0.15) is 5.10 Å². The number of aliphatic hydroxyl groups is 1. The molecule has 1 aromatic carbocycles. The Balaban J connectivity index is 1.69. The zero-order valence-corrected chi connectivity index (χ0v) is 14.1. The van der Waals surface area contributed by atoms with E-state index in [1.54, 1.807) is 24.3 Å². The van der Waals surface area contributed by atoms with E-state index in [9.17, 15) is 9.59 Å². The summed E-state index contributed by atoms with van der Waals surface area (Å²) in [6, 6.07) is 6.87. The van der Waals surface area contributed by atoms with Crippen molar-refractivity contribution >= 4 is 18.0 Å². The molecular weight excluding hydrogens is 326 g/mol. The Morgan fingerprint density at radius 2 is 2.20 bits per heavy atom. The third kappa shape index (κ3) is 6.90. The molecule has 1 aromatic rings. The van der Waals surface area contributed by atoms with Crippen molar-refractivity contribution in [1.82, 2.24) is 10.7 Å². The maximum Gasteiger partial charge on any atom is 0.268 e. The molecule has 0 saturated carbocycles. The molecule has 1 saturated heterocycles. The normalized spacial score (nSPS) is 18.1. The largest absolute Gasteiger partial charge is 0.484 e. The molecule has 0 radical (unpaired) electrons. The average molecular weight is 349 g/mol. The number of ether oxygens (including phenoxy) is 2. The van der Waals surface area contributed by atoms with Crippen molar-refractivity contribution in [2.75, 3.05) is 19.8 Å². The highest BCUT2D eigenvalue weighted by Crippen LogP contribution is 2.12. The van der Waals surface area contributed by atoms with Crippen LogP contribution in [0, 0.1) is 0 Å². The summed E-state index contributed by atoms with van der Waals surface area (Å²) in [5, 5.41) is 15.5. The van der Waals surface area contributed by atoms with Gasteiger partial charge in [-0.15, -0.1) is 0 Å². The summed E-state index contributed by atoms with van der Waals surface area (Å²) in [5.41, 5.74) is 2.95. The van der Waals surface area contributed by atoms with Gasteiger partial charge in [0.25, 0.3) is 11.8 Å². The predicted molar refractivity (Wildman–Crippen MR) is 91.3 cm³/mol. The molecule has 2 amide bonds. The molecule has 0 spiro atoms. The first-order valence-electron chi connectivity index (χ1n) is 8.17. The van der Waals surface area contributed by atoms with E-state index >= 15 is 0 Å². The Hall–Kier alpha value is -2.45. The van der Waals surface area contributed by atoms with Crippen molar-refractivity contribution in [2.24, 2.45) is 5.10 Å². The van der Waals surface area contributed by atoms with Crippen molar-refractivity contribution in [3.05, 3.63) is 29.8 Å². The van der Waals surface area contributed by atoms with Crippen LogP contribution < -0.4 is 15.5 Å². The standard InChI is InChI=1S/C17H23N3O5/c1-12(21)17(23)20-19-9-13-4-6-14(7-5-13)25-11-16(22)18-10-15-3-2-8-24-15/h4-7,9,12,15,21H,2-3,8,10-11H2,1H3,(H,18,22)(H,20,23)/b19-9-/t12-,15+/m0/s1. The molecule has 0 aliphatic carbocycles. The van der Waals surface area contributed by atoms with Crippen LogP contribution in [0.2, 0.25) is 0 Å². The van der Waals surface area contributed by atoms with Crippen LogP contribution in [0.4, 0.5) is 0 Å². The van der Waals surface area contributed by atoms with Crippen molar-refractivity contribution < 1.29 is 24.2 Å². The number of carbonyl (C=O) groups excluding carboxylic acids is 2. The summed E-state index contributed by atoms with van der Waals surface area (Å²) in [5.74, 6) is -0.218. The second-order valence-corrected chi connectivity index (χ2v) is 5.71. The van der Waals surface area contributed by atoms with Crippen LogP contribution in [0.25, 0.3) is 0 Å². The van der Waals surface area contributed by atoms with Gasteiger partial charge in [-0.05, 0) is 49.6 Å². The van der Waals surface area contributed by atoms with Gasteiger partial charge in [-0.1, -0.05) is 0 Å². The number of carbonyl (C=O) groups is 2. The molecule has 3 N–H and O–H groups in total. The topological polar surface area (TPSA) is 109 Å². The van der Waals surface area contributed by atoms with E-state index in [4.69, 9.17) is 14.6 Å². The smallest absolute Gasteiger partial charge is 0.268 e. The summed E-state index contributed by atoms with van der Waals surface area (Å²) in [4.78, 5) is 22.9. The van der Waals surface area contributed by atoms with Gasteiger partial charge >= 0.3 is 0 Å². The van der Waals surface area contributed by atoms with Gasteiger partial charge in [-0.25, -0.2) is 5.43 Å². The number of aliphatic hydroxyl groups excluding tert-OH is 1. The van der Waals surface area contributed by atoms with Crippen molar-refractivity contribution in [3.63, 3.8) is 0 Å². The monoisotopic (exact) mass is 349 g/mol. The molecule has 1 heterocycles. The highest BCUT2D eigenvalue weighted by atomic mass is 16.5. The van der Waals surface area contributed by atoms with E-state index < -0.39 is 12.0 Å². The van der Waals surface area contributed by atoms with E-state index in [1.807, 2.05) is 0 Å². The molecule has 0 bridgehead atoms. The van der Waals surface area contributed by atoms with Crippen LogP contribution in [0.15, 0.2) is 29.4 Å². The van der Waals surface area contributed by atoms with Crippen molar-refractivity contribution in [1.29, 1.82) is 0 Å². The Bertz CT molecular complexity index is 595. The third-order valence-electron chi connectivity index (χ3n) is 3.57. The molecule has 1 fully saturated rings. The van der Waals surface area contributed by atoms with Crippen LogP contribution >= 0.6 is 0 Å². The Morgan fingerprint density at radius 1 is 1.44 bits per heavy atom. The van der Waals surface area contributed by atoms with E-state index in [0.29, 0.717) is 12.3 Å². The second kappa shape index (κ2) is 9.75. The second-order valence-electron chi connectivity index (χ2n) is 5.71. The molecule has 0 aromatic heterocycles. The molecule has 1 aliphatic rings. The maximum absolute atomic E-state index is 11.7. The number of hydrogen-bond acceptors (Lipinski definition) is 6. The van der Waals surface area contributed by atoms with E-state index in [0.717, 1.165) is 25.0 Å². The van der Waals surface area contributed by atoms with Gasteiger partial charge in [0.05, 0.1) is 12.3 Å². The van der Waals surface area contributed by atoms with Crippen LogP contribution in [0.5, 0.6) is 5.75 Å². The number of hydrazone groups is 1. The minimum absolute atomic E-state index is 0.0649. The number of amides is 2. The van der Waals surface area contributed by atoms with Crippen molar-refractivity contribution in [2.45, 2.75) is 32.0 Å². The average Bonchev–Trinajstić information content (AvgIpc) is 3.12. The lowest BCUT2D eigenvalue weighted by Gasteiger charge is -2.11.